The molecule has 0 saturated carbocycles. The Kier molecular flexibility index (Phi) is 4.92. The fourth-order valence-corrected chi connectivity index (χ4v) is 4.25. The van der Waals surface area contributed by atoms with Gasteiger partial charge in [-0.2, -0.15) is 0 Å². The first kappa shape index (κ1) is 17.7. The molecule has 0 N–H and O–H groups in total. The maximum absolute atomic E-state index is 13.0. The number of hydrogen-bond donors (Lipinski definition) is 0. The van der Waals surface area contributed by atoms with Crippen LogP contribution in [0.2, 0.25) is 5.02 Å². The van der Waals surface area contributed by atoms with Crippen LogP contribution in [0.1, 0.15) is 21.7 Å². The number of rotatable bonds is 5. The molecule has 4 aromatic rings. The van der Waals surface area contributed by atoms with Gasteiger partial charge in [0.2, 0.25) is 5.78 Å². The van der Waals surface area contributed by atoms with Gasteiger partial charge in [0, 0.05) is 26.4 Å². The third kappa shape index (κ3) is 3.59. The number of halogens is 1. The predicted octanol–water partition coefficient (Wildman–Crippen LogP) is 5.63. The molecule has 0 aliphatic carbocycles. The monoisotopic (exact) mass is 394 g/mol. The molecule has 0 amide bonds. The molecular weight excluding hydrogens is 380 g/mol. The van der Waals surface area contributed by atoms with Crippen LogP contribution in [0, 0.1) is 0 Å². The summed E-state index contributed by atoms with van der Waals surface area (Å²) in [7, 11) is -1.29. The smallest absolute Gasteiger partial charge is 0.228 e. The van der Waals surface area contributed by atoms with E-state index in [1.54, 1.807) is 24.3 Å². The fourth-order valence-electron chi connectivity index (χ4n) is 2.94. The van der Waals surface area contributed by atoms with Crippen LogP contribution >= 0.6 is 11.6 Å². The van der Waals surface area contributed by atoms with E-state index in [1.807, 2.05) is 54.6 Å². The lowest BCUT2D eigenvalue weighted by Gasteiger charge is -2.04. The van der Waals surface area contributed by atoms with Crippen LogP contribution in [-0.4, -0.2) is 9.99 Å². The minimum Gasteiger partial charge on any atom is -0.452 e. The van der Waals surface area contributed by atoms with Gasteiger partial charge in [0.15, 0.2) is 5.76 Å². The van der Waals surface area contributed by atoms with Crippen LogP contribution in [0.4, 0.5) is 0 Å². The molecule has 0 spiro atoms. The Hall–Kier alpha value is -2.69. The molecular formula is C22H15ClO3S. The topological polar surface area (TPSA) is 47.3 Å². The van der Waals surface area contributed by atoms with Gasteiger partial charge in [0.25, 0.3) is 0 Å². The Morgan fingerprint density at radius 3 is 2.30 bits per heavy atom. The zero-order valence-corrected chi connectivity index (χ0v) is 15.8. The zero-order valence-electron chi connectivity index (χ0n) is 14.2. The first-order valence-corrected chi connectivity index (χ1v) is 10.1. The van der Waals surface area contributed by atoms with Gasteiger partial charge in [-0.3, -0.25) is 9.00 Å². The Balaban J connectivity index is 1.79. The second kappa shape index (κ2) is 7.51. The lowest BCUT2D eigenvalue weighted by atomic mass is 10.0. The number of para-hydroxylation sites is 1. The molecule has 4 rings (SSSR count). The summed E-state index contributed by atoms with van der Waals surface area (Å²) < 4.78 is 18.7. The summed E-state index contributed by atoms with van der Waals surface area (Å²) >= 11 is 5.92. The van der Waals surface area contributed by atoms with Crippen LogP contribution in [0.25, 0.3) is 11.0 Å². The van der Waals surface area contributed by atoms with Crippen LogP contribution in [0.3, 0.4) is 0 Å². The molecule has 1 atom stereocenters. The minimum absolute atomic E-state index is 0.204. The van der Waals surface area contributed by atoms with Crippen molar-refractivity contribution in [2.24, 2.45) is 0 Å². The van der Waals surface area contributed by atoms with Crippen molar-refractivity contribution in [3.8, 4) is 0 Å². The summed E-state index contributed by atoms with van der Waals surface area (Å²) in [5.41, 5.74) is 1.74. The average Bonchev–Trinajstić information content (AvgIpc) is 3.07. The van der Waals surface area contributed by atoms with E-state index in [4.69, 9.17) is 16.0 Å². The first-order valence-electron chi connectivity index (χ1n) is 8.37. The molecule has 1 heterocycles. The van der Waals surface area contributed by atoms with Gasteiger partial charge in [0.05, 0.1) is 16.6 Å². The summed E-state index contributed by atoms with van der Waals surface area (Å²) in [6.45, 7) is 0. The second-order valence-electron chi connectivity index (χ2n) is 6.04. The number of benzene rings is 3. The Morgan fingerprint density at radius 2 is 1.56 bits per heavy atom. The highest BCUT2D eigenvalue weighted by molar-refractivity contribution is 7.84. The van der Waals surface area contributed by atoms with Crippen LogP contribution < -0.4 is 0 Å². The molecule has 134 valence electrons. The molecule has 3 nitrogen and oxygen atoms in total. The molecule has 0 saturated heterocycles. The summed E-state index contributed by atoms with van der Waals surface area (Å²) in [6, 6.07) is 23.3. The predicted molar refractivity (Wildman–Crippen MR) is 108 cm³/mol. The standard InChI is InChI=1S/C22H15ClO3S/c23-16-12-10-15(11-13-16)21(24)22-19(18-8-4-5-9-20(18)26-22)14-27(25)17-6-2-1-3-7-17/h1-13H,14H2/t27-/m0/s1. The van der Waals surface area contributed by atoms with Crippen molar-refractivity contribution < 1.29 is 13.4 Å². The maximum atomic E-state index is 13.0. The van der Waals surface area contributed by atoms with Crippen molar-refractivity contribution in [1.29, 1.82) is 0 Å². The molecule has 0 aliphatic heterocycles. The molecule has 0 unspecified atom stereocenters. The van der Waals surface area contributed by atoms with E-state index in [0.29, 0.717) is 26.6 Å². The minimum atomic E-state index is -1.29. The van der Waals surface area contributed by atoms with Crippen molar-refractivity contribution in [2.75, 3.05) is 0 Å². The molecule has 5 heteroatoms. The van der Waals surface area contributed by atoms with Crippen LogP contribution in [0.15, 0.2) is 88.2 Å². The van der Waals surface area contributed by atoms with E-state index >= 15 is 0 Å². The first-order chi connectivity index (χ1) is 13.1. The highest BCUT2D eigenvalue weighted by Gasteiger charge is 2.23. The van der Waals surface area contributed by atoms with Gasteiger partial charge in [0.1, 0.15) is 5.58 Å². The molecule has 3 aromatic carbocycles. The lowest BCUT2D eigenvalue weighted by molar-refractivity contribution is 0.101. The van der Waals surface area contributed by atoms with Gasteiger partial charge >= 0.3 is 0 Å². The van der Waals surface area contributed by atoms with E-state index in [1.165, 1.54) is 0 Å². The van der Waals surface area contributed by atoms with Gasteiger partial charge in [-0.15, -0.1) is 0 Å². The van der Waals surface area contributed by atoms with Crippen molar-refractivity contribution in [2.45, 2.75) is 10.6 Å². The Bertz CT molecular complexity index is 1130. The SMILES string of the molecule is O=C(c1ccc(Cl)cc1)c1oc2ccccc2c1C[S@](=O)c1ccccc1. The van der Waals surface area contributed by atoms with Crippen LogP contribution in [-0.2, 0) is 16.6 Å². The van der Waals surface area contributed by atoms with Crippen molar-refractivity contribution in [1.82, 2.24) is 0 Å². The second-order valence-corrected chi connectivity index (χ2v) is 7.93. The number of fused-ring (bicyclic) bond motifs is 1. The van der Waals surface area contributed by atoms with E-state index in [2.05, 4.69) is 0 Å². The molecule has 0 bridgehead atoms. The third-order valence-electron chi connectivity index (χ3n) is 4.29. The quantitative estimate of drug-likeness (QED) is 0.412. The number of hydrogen-bond acceptors (Lipinski definition) is 3. The summed E-state index contributed by atoms with van der Waals surface area (Å²) in [5, 5.41) is 1.36. The number of furan rings is 1. The summed E-state index contributed by atoms with van der Waals surface area (Å²) in [6.07, 6.45) is 0. The Morgan fingerprint density at radius 1 is 0.889 bits per heavy atom. The highest BCUT2D eigenvalue weighted by Crippen LogP contribution is 2.30. The number of ketones is 1. The van der Waals surface area contributed by atoms with Crippen molar-refractivity contribution in [3.05, 3.63) is 101 Å². The number of carbonyl (C=O) groups is 1. The zero-order chi connectivity index (χ0) is 18.8. The summed E-state index contributed by atoms with van der Waals surface area (Å²) in [5.74, 6) is 0.182. The van der Waals surface area contributed by atoms with Gasteiger partial charge in [-0.1, -0.05) is 48.0 Å². The van der Waals surface area contributed by atoms with E-state index < -0.39 is 10.8 Å². The largest absolute Gasteiger partial charge is 0.452 e. The normalized spacial score (nSPS) is 12.2. The number of carbonyl (C=O) groups excluding carboxylic acids is 1. The Labute approximate surface area is 164 Å². The lowest BCUT2D eigenvalue weighted by Crippen LogP contribution is -2.05. The third-order valence-corrected chi connectivity index (χ3v) is 5.89. The van der Waals surface area contributed by atoms with E-state index in [-0.39, 0.29) is 17.3 Å². The highest BCUT2D eigenvalue weighted by atomic mass is 35.5. The van der Waals surface area contributed by atoms with Gasteiger partial charge < -0.3 is 4.42 Å². The molecule has 1 aromatic heterocycles. The van der Waals surface area contributed by atoms with Gasteiger partial charge in [-0.25, -0.2) is 0 Å². The fraction of sp³-hybridized carbons (Fsp3) is 0.0455. The van der Waals surface area contributed by atoms with E-state index in [0.717, 1.165) is 5.39 Å². The average molecular weight is 395 g/mol. The van der Waals surface area contributed by atoms with Gasteiger partial charge in [-0.05, 0) is 42.5 Å². The molecule has 0 fully saturated rings. The summed E-state index contributed by atoms with van der Waals surface area (Å²) in [4.78, 5) is 13.7. The van der Waals surface area contributed by atoms with Crippen molar-refractivity contribution in [3.63, 3.8) is 0 Å². The molecule has 0 aliphatic rings. The maximum Gasteiger partial charge on any atom is 0.228 e. The van der Waals surface area contributed by atoms with Crippen molar-refractivity contribution >= 4 is 39.2 Å². The van der Waals surface area contributed by atoms with Crippen LogP contribution in [0.5, 0.6) is 0 Å². The van der Waals surface area contributed by atoms with E-state index in [9.17, 15) is 9.00 Å². The molecule has 27 heavy (non-hydrogen) atoms. The molecule has 0 radical (unpaired) electrons.